The van der Waals surface area contributed by atoms with Crippen LogP contribution in [-0.4, -0.2) is 37.5 Å². The molecule has 1 aliphatic rings. The Kier molecular flexibility index (Phi) is 2.98. The minimum Gasteiger partial charge on any atom is -0.334 e. The number of rotatable bonds is 2. The van der Waals surface area contributed by atoms with Gasteiger partial charge in [-0.25, -0.2) is 4.98 Å². The third-order valence-electron chi connectivity index (χ3n) is 3.43. The number of carbonyl (C=O) groups is 1. The second-order valence-corrected chi connectivity index (χ2v) is 4.67. The lowest BCUT2D eigenvalue weighted by atomic mass is 10.1. The van der Waals surface area contributed by atoms with E-state index in [1.807, 2.05) is 11.0 Å². The van der Waals surface area contributed by atoms with Crippen molar-refractivity contribution in [1.29, 1.82) is 0 Å². The Morgan fingerprint density at radius 1 is 1.47 bits per heavy atom. The highest BCUT2D eigenvalue weighted by Crippen LogP contribution is 2.31. The van der Waals surface area contributed by atoms with Crippen molar-refractivity contribution in [3.05, 3.63) is 30.4 Å². The molecule has 0 spiro atoms. The molecule has 0 aliphatic carbocycles. The number of nitrogens with one attached hydrogen (secondary N) is 1. The monoisotopic (exact) mass is 257 g/mol. The number of nitrogens with zero attached hydrogens (tertiary/aromatic N) is 4. The van der Waals surface area contributed by atoms with Gasteiger partial charge in [-0.3, -0.25) is 14.9 Å². The van der Waals surface area contributed by atoms with E-state index < -0.39 is 0 Å². The second-order valence-electron chi connectivity index (χ2n) is 4.67. The number of hydrogen-bond donors (Lipinski definition) is 1. The average Bonchev–Trinajstić information content (AvgIpc) is 3.10. The van der Waals surface area contributed by atoms with Crippen molar-refractivity contribution in [3.63, 3.8) is 0 Å². The first-order valence-corrected chi connectivity index (χ1v) is 6.34. The summed E-state index contributed by atoms with van der Waals surface area (Å²) >= 11 is 0. The molecule has 1 fully saturated rings. The molecule has 6 nitrogen and oxygen atoms in total. The Bertz CT molecular complexity index is 580. The molecule has 98 valence electrons. The molecule has 0 radical (unpaired) electrons. The predicted octanol–water partition coefficient (Wildman–Crippen LogP) is 1.55. The summed E-state index contributed by atoms with van der Waals surface area (Å²) < 4.78 is 0. The molecule has 3 heterocycles. The van der Waals surface area contributed by atoms with Gasteiger partial charge in [0.25, 0.3) is 0 Å². The lowest BCUT2D eigenvalue weighted by Gasteiger charge is -2.22. The highest BCUT2D eigenvalue weighted by atomic mass is 16.2. The second kappa shape index (κ2) is 4.79. The van der Waals surface area contributed by atoms with E-state index in [4.69, 9.17) is 0 Å². The standard InChI is InChI=1S/C13H15N5O/c1-9(19)18-6-2-3-13(18)12-8-14-7-11(16-12)10-4-5-15-17-10/h4-5,7-8,13H,2-3,6H2,1H3,(H,15,17)/t13-/m1/s1. The van der Waals surface area contributed by atoms with Crippen molar-refractivity contribution in [3.8, 4) is 11.4 Å². The van der Waals surface area contributed by atoms with Gasteiger partial charge in [0.15, 0.2) is 0 Å². The summed E-state index contributed by atoms with van der Waals surface area (Å²) in [6.07, 6.45) is 7.08. The summed E-state index contributed by atoms with van der Waals surface area (Å²) in [4.78, 5) is 22.3. The van der Waals surface area contributed by atoms with Gasteiger partial charge in [-0.2, -0.15) is 5.10 Å². The van der Waals surface area contributed by atoms with Gasteiger partial charge in [-0.1, -0.05) is 0 Å². The van der Waals surface area contributed by atoms with Crippen molar-refractivity contribution in [1.82, 2.24) is 25.1 Å². The summed E-state index contributed by atoms with van der Waals surface area (Å²) in [5.74, 6) is 0.0937. The molecule has 3 rings (SSSR count). The lowest BCUT2D eigenvalue weighted by Crippen LogP contribution is -2.28. The van der Waals surface area contributed by atoms with Crippen LogP contribution in [0.25, 0.3) is 11.4 Å². The third-order valence-corrected chi connectivity index (χ3v) is 3.43. The molecule has 0 bridgehead atoms. The van der Waals surface area contributed by atoms with Crippen molar-refractivity contribution in [2.75, 3.05) is 6.54 Å². The Morgan fingerprint density at radius 3 is 3.11 bits per heavy atom. The summed E-state index contributed by atoms with van der Waals surface area (Å²) in [6, 6.07) is 1.90. The zero-order valence-electron chi connectivity index (χ0n) is 10.7. The van der Waals surface area contributed by atoms with Crippen LogP contribution < -0.4 is 0 Å². The van der Waals surface area contributed by atoms with Gasteiger partial charge in [0.2, 0.25) is 5.91 Å². The van der Waals surface area contributed by atoms with Crippen LogP contribution in [0.4, 0.5) is 0 Å². The van der Waals surface area contributed by atoms with Gasteiger partial charge >= 0.3 is 0 Å². The minimum atomic E-state index is 0.0490. The van der Waals surface area contributed by atoms with Gasteiger partial charge < -0.3 is 4.90 Å². The van der Waals surface area contributed by atoms with Gasteiger partial charge in [0.1, 0.15) is 5.69 Å². The summed E-state index contributed by atoms with van der Waals surface area (Å²) in [5.41, 5.74) is 2.44. The van der Waals surface area contributed by atoms with E-state index in [0.717, 1.165) is 36.5 Å². The lowest BCUT2D eigenvalue weighted by molar-refractivity contribution is -0.129. The van der Waals surface area contributed by atoms with Crippen LogP contribution in [0, 0.1) is 0 Å². The van der Waals surface area contributed by atoms with Gasteiger partial charge in [0, 0.05) is 19.7 Å². The SMILES string of the molecule is CC(=O)N1CCC[C@@H]1c1cncc(-c2ccn[nH]2)n1. The van der Waals surface area contributed by atoms with E-state index in [2.05, 4.69) is 20.2 Å². The molecular weight excluding hydrogens is 242 g/mol. The summed E-state index contributed by atoms with van der Waals surface area (Å²) in [6.45, 7) is 2.40. The smallest absolute Gasteiger partial charge is 0.220 e. The number of carbonyl (C=O) groups excluding carboxylic acids is 1. The topological polar surface area (TPSA) is 74.8 Å². The van der Waals surface area contributed by atoms with E-state index in [-0.39, 0.29) is 11.9 Å². The van der Waals surface area contributed by atoms with Crippen LogP contribution >= 0.6 is 0 Å². The molecule has 6 heteroatoms. The van der Waals surface area contributed by atoms with E-state index in [1.165, 1.54) is 0 Å². The maximum absolute atomic E-state index is 11.6. The molecule has 0 unspecified atom stereocenters. The highest BCUT2D eigenvalue weighted by molar-refractivity contribution is 5.74. The van der Waals surface area contributed by atoms with Crippen molar-refractivity contribution in [2.45, 2.75) is 25.8 Å². The molecule has 2 aromatic rings. The fourth-order valence-corrected chi connectivity index (χ4v) is 2.52. The number of aromatic nitrogens is 4. The van der Waals surface area contributed by atoms with Crippen LogP contribution in [0.2, 0.25) is 0 Å². The highest BCUT2D eigenvalue weighted by Gasteiger charge is 2.29. The van der Waals surface area contributed by atoms with E-state index in [0.29, 0.717) is 0 Å². The Labute approximate surface area is 110 Å². The average molecular weight is 257 g/mol. The van der Waals surface area contributed by atoms with E-state index in [9.17, 15) is 4.79 Å². The van der Waals surface area contributed by atoms with Gasteiger partial charge in [0.05, 0.1) is 29.8 Å². The Hall–Kier alpha value is -2.24. The number of H-pyrrole nitrogens is 1. The predicted molar refractivity (Wildman–Crippen MR) is 69.0 cm³/mol. The van der Waals surface area contributed by atoms with Crippen molar-refractivity contribution in [2.24, 2.45) is 0 Å². The molecule has 1 N–H and O–H groups in total. The number of amides is 1. The zero-order valence-corrected chi connectivity index (χ0v) is 10.7. The van der Waals surface area contributed by atoms with Crippen LogP contribution in [0.3, 0.4) is 0 Å². The Morgan fingerprint density at radius 2 is 2.37 bits per heavy atom. The molecule has 0 saturated carbocycles. The third kappa shape index (κ3) is 2.21. The van der Waals surface area contributed by atoms with Gasteiger partial charge in [-0.05, 0) is 18.9 Å². The zero-order chi connectivity index (χ0) is 13.2. The number of hydrogen-bond acceptors (Lipinski definition) is 4. The Balaban J connectivity index is 1.93. The van der Waals surface area contributed by atoms with Crippen molar-refractivity contribution < 1.29 is 4.79 Å². The first-order chi connectivity index (χ1) is 9.25. The van der Waals surface area contributed by atoms with Crippen LogP contribution in [0.5, 0.6) is 0 Å². The van der Waals surface area contributed by atoms with Crippen LogP contribution in [0.15, 0.2) is 24.7 Å². The molecule has 1 aliphatic heterocycles. The molecule has 1 saturated heterocycles. The fourth-order valence-electron chi connectivity index (χ4n) is 2.52. The minimum absolute atomic E-state index is 0.0490. The molecule has 1 atom stereocenters. The first-order valence-electron chi connectivity index (χ1n) is 6.34. The largest absolute Gasteiger partial charge is 0.334 e. The van der Waals surface area contributed by atoms with E-state index in [1.54, 1.807) is 25.5 Å². The molecule has 19 heavy (non-hydrogen) atoms. The quantitative estimate of drug-likeness (QED) is 0.885. The van der Waals surface area contributed by atoms with Crippen molar-refractivity contribution >= 4 is 5.91 Å². The molecule has 1 amide bonds. The maximum Gasteiger partial charge on any atom is 0.220 e. The summed E-state index contributed by atoms with van der Waals surface area (Å²) in [7, 11) is 0. The first kappa shape index (κ1) is 11.8. The van der Waals surface area contributed by atoms with Crippen LogP contribution in [-0.2, 0) is 4.79 Å². The number of aromatic amines is 1. The van der Waals surface area contributed by atoms with Crippen LogP contribution in [0.1, 0.15) is 31.5 Å². The molecular formula is C13H15N5O. The summed E-state index contributed by atoms with van der Waals surface area (Å²) in [5, 5.41) is 6.78. The fraction of sp³-hybridized carbons (Fsp3) is 0.385. The maximum atomic E-state index is 11.6. The normalized spacial score (nSPS) is 18.8. The molecule has 0 aromatic carbocycles. The van der Waals surface area contributed by atoms with E-state index >= 15 is 0 Å². The van der Waals surface area contributed by atoms with Gasteiger partial charge in [-0.15, -0.1) is 0 Å². The number of likely N-dealkylation sites (tertiary alicyclic amines) is 1. The molecule has 2 aromatic heterocycles.